The molecule has 1 rings (SSSR count). The summed E-state index contributed by atoms with van der Waals surface area (Å²) < 4.78 is 0. The van der Waals surface area contributed by atoms with Crippen molar-refractivity contribution in [1.29, 1.82) is 0 Å². The van der Waals surface area contributed by atoms with Crippen LogP contribution in [0, 0.1) is 5.92 Å². The number of nitrogens with zero attached hydrogens (tertiary/aromatic N) is 2. The van der Waals surface area contributed by atoms with E-state index < -0.39 is 0 Å². The van der Waals surface area contributed by atoms with E-state index in [2.05, 4.69) is 18.1 Å². The van der Waals surface area contributed by atoms with Crippen LogP contribution in [0.15, 0.2) is 25.3 Å². The Morgan fingerprint density at radius 3 is 2.55 bits per heavy atom. The highest BCUT2D eigenvalue weighted by Gasteiger charge is 2.22. The SMILES string of the molecule is C=CCN(CC=C)C(=O)CN1CCCC(CCN)C1.Cl. The minimum Gasteiger partial charge on any atom is -0.334 e. The molecule has 1 unspecified atom stereocenters. The maximum Gasteiger partial charge on any atom is 0.237 e. The van der Waals surface area contributed by atoms with Crippen molar-refractivity contribution in [3.63, 3.8) is 0 Å². The number of hydrogen-bond donors (Lipinski definition) is 1. The lowest BCUT2D eigenvalue weighted by Gasteiger charge is -2.33. The third-order valence-electron chi connectivity index (χ3n) is 3.59. The van der Waals surface area contributed by atoms with Crippen LogP contribution in [0.5, 0.6) is 0 Å². The molecule has 116 valence electrons. The van der Waals surface area contributed by atoms with Gasteiger partial charge >= 0.3 is 0 Å². The molecule has 0 saturated carbocycles. The Kier molecular flexibility index (Phi) is 10.4. The van der Waals surface area contributed by atoms with Crippen LogP contribution in [-0.2, 0) is 4.79 Å². The van der Waals surface area contributed by atoms with Crippen molar-refractivity contribution >= 4 is 18.3 Å². The third-order valence-corrected chi connectivity index (χ3v) is 3.59. The normalized spacial score (nSPS) is 18.9. The second-order valence-electron chi connectivity index (χ2n) is 5.20. The minimum atomic E-state index is 0. The van der Waals surface area contributed by atoms with E-state index in [1.54, 1.807) is 17.1 Å². The van der Waals surface area contributed by atoms with Gasteiger partial charge in [-0.2, -0.15) is 0 Å². The van der Waals surface area contributed by atoms with Crippen LogP contribution >= 0.6 is 12.4 Å². The summed E-state index contributed by atoms with van der Waals surface area (Å²) >= 11 is 0. The maximum absolute atomic E-state index is 12.2. The number of piperidine rings is 1. The minimum absolute atomic E-state index is 0. The van der Waals surface area contributed by atoms with E-state index in [0.717, 1.165) is 26.1 Å². The molecular weight excluding hydrogens is 274 g/mol. The zero-order chi connectivity index (χ0) is 14.1. The predicted octanol–water partition coefficient (Wildman–Crippen LogP) is 1.67. The van der Waals surface area contributed by atoms with Gasteiger partial charge in [-0.05, 0) is 38.3 Å². The molecule has 4 nitrogen and oxygen atoms in total. The number of halogens is 1. The number of amides is 1. The fraction of sp³-hybridized carbons (Fsp3) is 0.667. The molecule has 1 aliphatic rings. The van der Waals surface area contributed by atoms with Gasteiger partial charge in [0.15, 0.2) is 0 Å². The highest BCUT2D eigenvalue weighted by Crippen LogP contribution is 2.18. The summed E-state index contributed by atoms with van der Waals surface area (Å²) in [5.41, 5.74) is 5.62. The fourth-order valence-electron chi connectivity index (χ4n) is 2.65. The van der Waals surface area contributed by atoms with E-state index in [1.807, 2.05) is 0 Å². The molecule has 0 radical (unpaired) electrons. The highest BCUT2D eigenvalue weighted by atomic mass is 35.5. The highest BCUT2D eigenvalue weighted by molar-refractivity contribution is 5.85. The van der Waals surface area contributed by atoms with Gasteiger partial charge in [0.1, 0.15) is 0 Å². The molecule has 0 aromatic rings. The van der Waals surface area contributed by atoms with E-state index >= 15 is 0 Å². The molecule has 5 heteroatoms. The number of nitrogens with two attached hydrogens (primary N) is 1. The van der Waals surface area contributed by atoms with Gasteiger partial charge in [-0.25, -0.2) is 0 Å². The van der Waals surface area contributed by atoms with Gasteiger partial charge in [0.25, 0.3) is 0 Å². The summed E-state index contributed by atoms with van der Waals surface area (Å²) in [5.74, 6) is 0.812. The van der Waals surface area contributed by atoms with Crippen LogP contribution in [0.4, 0.5) is 0 Å². The van der Waals surface area contributed by atoms with Crippen molar-refractivity contribution in [2.24, 2.45) is 11.7 Å². The van der Waals surface area contributed by atoms with Gasteiger partial charge in [-0.1, -0.05) is 12.2 Å². The summed E-state index contributed by atoms with van der Waals surface area (Å²) in [6, 6.07) is 0. The Bertz CT molecular complexity index is 297. The Morgan fingerprint density at radius 2 is 2.00 bits per heavy atom. The van der Waals surface area contributed by atoms with Crippen molar-refractivity contribution in [2.75, 3.05) is 39.3 Å². The summed E-state index contributed by atoms with van der Waals surface area (Å²) in [6.45, 7) is 11.8. The first-order chi connectivity index (χ1) is 9.21. The molecule has 0 spiro atoms. The van der Waals surface area contributed by atoms with Crippen LogP contribution < -0.4 is 5.73 Å². The molecule has 0 aromatic carbocycles. The average molecular weight is 302 g/mol. The number of carbonyl (C=O) groups excluding carboxylic acids is 1. The monoisotopic (exact) mass is 301 g/mol. The van der Waals surface area contributed by atoms with Gasteiger partial charge < -0.3 is 10.6 Å². The summed E-state index contributed by atoms with van der Waals surface area (Å²) in [7, 11) is 0. The lowest BCUT2D eigenvalue weighted by Crippen LogP contribution is -2.44. The third kappa shape index (κ3) is 6.55. The number of hydrogen-bond acceptors (Lipinski definition) is 3. The largest absolute Gasteiger partial charge is 0.334 e. The van der Waals surface area contributed by atoms with Crippen LogP contribution in [0.1, 0.15) is 19.3 Å². The lowest BCUT2D eigenvalue weighted by molar-refractivity contribution is -0.131. The van der Waals surface area contributed by atoms with E-state index in [0.29, 0.717) is 25.6 Å². The molecule has 1 saturated heterocycles. The van der Waals surface area contributed by atoms with Crippen LogP contribution in [0.25, 0.3) is 0 Å². The van der Waals surface area contributed by atoms with Crippen LogP contribution in [0.2, 0.25) is 0 Å². The van der Waals surface area contributed by atoms with E-state index in [9.17, 15) is 4.79 Å². The van der Waals surface area contributed by atoms with Crippen LogP contribution in [0.3, 0.4) is 0 Å². The molecule has 0 aromatic heterocycles. The first-order valence-corrected chi connectivity index (χ1v) is 7.13. The van der Waals surface area contributed by atoms with E-state index in [1.165, 1.54) is 12.8 Å². The van der Waals surface area contributed by atoms with Crippen molar-refractivity contribution in [1.82, 2.24) is 9.80 Å². The lowest BCUT2D eigenvalue weighted by atomic mass is 9.95. The van der Waals surface area contributed by atoms with E-state index in [-0.39, 0.29) is 18.3 Å². The number of carbonyl (C=O) groups is 1. The Labute approximate surface area is 129 Å². The maximum atomic E-state index is 12.2. The first kappa shape index (κ1) is 19.2. The zero-order valence-electron chi connectivity index (χ0n) is 12.3. The van der Waals surface area contributed by atoms with Crippen molar-refractivity contribution in [3.05, 3.63) is 25.3 Å². The molecule has 1 aliphatic heterocycles. The van der Waals surface area contributed by atoms with Gasteiger partial charge in [0, 0.05) is 19.6 Å². The average Bonchev–Trinajstić information content (AvgIpc) is 2.39. The van der Waals surface area contributed by atoms with Crippen molar-refractivity contribution in [3.8, 4) is 0 Å². The second kappa shape index (κ2) is 10.9. The second-order valence-corrected chi connectivity index (χ2v) is 5.20. The summed E-state index contributed by atoms with van der Waals surface area (Å²) in [6.07, 6.45) is 6.99. The summed E-state index contributed by atoms with van der Waals surface area (Å²) in [4.78, 5) is 16.3. The number of rotatable bonds is 8. The van der Waals surface area contributed by atoms with E-state index in [4.69, 9.17) is 5.73 Å². The Balaban J connectivity index is 0.00000361. The number of likely N-dealkylation sites (tertiary alicyclic amines) is 1. The fourth-order valence-corrected chi connectivity index (χ4v) is 2.65. The molecule has 1 heterocycles. The summed E-state index contributed by atoms with van der Waals surface area (Å²) in [5, 5.41) is 0. The van der Waals surface area contributed by atoms with Crippen molar-refractivity contribution in [2.45, 2.75) is 19.3 Å². The molecule has 1 atom stereocenters. The standard InChI is InChI=1S/C15H27N3O.ClH/c1-3-9-18(10-4-2)15(19)13-17-11-5-6-14(12-17)7-8-16;/h3-4,14H,1-2,5-13,16H2;1H. The van der Waals surface area contributed by atoms with Gasteiger partial charge in [0.05, 0.1) is 6.54 Å². The first-order valence-electron chi connectivity index (χ1n) is 7.13. The van der Waals surface area contributed by atoms with Crippen LogP contribution in [-0.4, -0.2) is 55.0 Å². The Hall–Kier alpha value is -0.840. The molecule has 2 N–H and O–H groups in total. The topological polar surface area (TPSA) is 49.6 Å². The molecular formula is C15H28ClN3O. The molecule has 0 aliphatic carbocycles. The van der Waals surface area contributed by atoms with Crippen molar-refractivity contribution < 1.29 is 4.79 Å². The molecule has 1 amide bonds. The predicted molar refractivity (Wildman–Crippen MR) is 87.1 cm³/mol. The van der Waals surface area contributed by atoms with Gasteiger partial charge in [-0.15, -0.1) is 25.6 Å². The zero-order valence-corrected chi connectivity index (χ0v) is 13.1. The van der Waals surface area contributed by atoms with Gasteiger partial charge in [0.2, 0.25) is 5.91 Å². The molecule has 20 heavy (non-hydrogen) atoms. The smallest absolute Gasteiger partial charge is 0.237 e. The quantitative estimate of drug-likeness (QED) is 0.694. The van der Waals surface area contributed by atoms with Gasteiger partial charge in [-0.3, -0.25) is 9.69 Å². The Morgan fingerprint density at radius 1 is 1.35 bits per heavy atom. The molecule has 0 bridgehead atoms. The molecule has 1 fully saturated rings.